The van der Waals surface area contributed by atoms with Crippen molar-refractivity contribution in [2.45, 2.75) is 71.0 Å². The smallest absolute Gasteiger partial charge is 0.254 e. The van der Waals surface area contributed by atoms with E-state index in [-0.39, 0.29) is 30.8 Å². The molecule has 0 spiro atoms. The molecule has 1 saturated carbocycles. The van der Waals surface area contributed by atoms with Gasteiger partial charge in [-0.3, -0.25) is 19.8 Å². The molecule has 1 aliphatic heterocycles. The Morgan fingerprint density at radius 2 is 1.74 bits per heavy atom. The summed E-state index contributed by atoms with van der Waals surface area (Å²) in [6.07, 6.45) is 5.37. The number of amides is 2. The van der Waals surface area contributed by atoms with Gasteiger partial charge in [0.1, 0.15) is 5.56 Å². The number of hydrogen-bond acceptors (Lipinski definition) is 7. The van der Waals surface area contributed by atoms with Crippen molar-refractivity contribution in [3.05, 3.63) is 28.6 Å². The fourth-order valence-electron chi connectivity index (χ4n) is 5.18. The van der Waals surface area contributed by atoms with E-state index in [1.807, 2.05) is 0 Å². The van der Waals surface area contributed by atoms with Crippen LogP contribution in [0, 0.1) is 29.3 Å². The standard InChI is InChI=1S/C24H34F3N5O5S.ClH/c1-3-38(36,37)31-22(29)17-20(27)18(25)15(19(26)21(17)33)11-32-10-14(13-7-5-4-6-8-13)9-16(32)24(35)30-23(34)12(2)28;/h12-14,16,33H,3-11,28H2,1-2H3,(H2,29,31)(H,30,34,35);1H/t12-,14?,16-;/m0./s1. The van der Waals surface area contributed by atoms with Gasteiger partial charge in [-0.2, -0.15) is 0 Å². The molecule has 0 bridgehead atoms. The molecule has 1 unspecified atom stereocenters. The maximum atomic E-state index is 15.2. The van der Waals surface area contributed by atoms with Gasteiger partial charge in [-0.15, -0.1) is 16.8 Å². The molecular formula is C24H35ClF3N5O5S. The maximum Gasteiger partial charge on any atom is 0.254 e. The van der Waals surface area contributed by atoms with Crippen LogP contribution < -0.4 is 16.8 Å². The zero-order valence-corrected chi connectivity index (χ0v) is 23.4. The van der Waals surface area contributed by atoms with Crippen molar-refractivity contribution in [2.75, 3.05) is 12.3 Å². The topological polar surface area (TPSA) is 168 Å². The summed E-state index contributed by atoms with van der Waals surface area (Å²) in [5.74, 6) is -9.15. The molecule has 15 heteroatoms. The van der Waals surface area contributed by atoms with Crippen LogP contribution in [0.5, 0.6) is 5.75 Å². The summed E-state index contributed by atoms with van der Waals surface area (Å²) in [6, 6.07) is -1.91. The Morgan fingerprint density at radius 1 is 1.13 bits per heavy atom. The van der Waals surface area contributed by atoms with Crippen LogP contribution in [0.25, 0.3) is 0 Å². The summed E-state index contributed by atoms with van der Waals surface area (Å²) < 4.78 is 71.9. The van der Waals surface area contributed by atoms with Gasteiger partial charge in [0.25, 0.3) is 10.0 Å². The number of benzene rings is 1. The van der Waals surface area contributed by atoms with Gasteiger partial charge in [-0.25, -0.2) is 21.6 Å². The number of imide groups is 1. The van der Waals surface area contributed by atoms with Crippen molar-refractivity contribution < 1.29 is 36.3 Å². The van der Waals surface area contributed by atoms with Gasteiger partial charge >= 0.3 is 0 Å². The minimum absolute atomic E-state index is 0. The molecule has 1 heterocycles. The van der Waals surface area contributed by atoms with Crippen molar-refractivity contribution in [3.8, 4) is 5.75 Å². The summed E-state index contributed by atoms with van der Waals surface area (Å²) in [4.78, 5) is 26.4. The van der Waals surface area contributed by atoms with Crippen LogP contribution in [-0.4, -0.2) is 60.5 Å². The van der Waals surface area contributed by atoms with Gasteiger partial charge in [0, 0.05) is 18.7 Å². The summed E-state index contributed by atoms with van der Waals surface area (Å²) in [6.45, 7) is 2.30. The van der Waals surface area contributed by atoms with Crippen molar-refractivity contribution in [1.29, 1.82) is 0 Å². The van der Waals surface area contributed by atoms with E-state index >= 15 is 8.78 Å². The van der Waals surface area contributed by atoms with Crippen molar-refractivity contribution in [2.24, 2.45) is 27.7 Å². The molecule has 6 N–H and O–H groups in total. The molecule has 2 aliphatic rings. The van der Waals surface area contributed by atoms with E-state index in [0.717, 1.165) is 32.1 Å². The van der Waals surface area contributed by atoms with E-state index in [9.17, 15) is 27.5 Å². The predicted molar refractivity (Wildman–Crippen MR) is 141 cm³/mol. The van der Waals surface area contributed by atoms with Gasteiger partial charge in [0.05, 0.1) is 17.8 Å². The number of amidine groups is 1. The first-order valence-electron chi connectivity index (χ1n) is 12.6. The Bertz CT molecular complexity index is 1200. The minimum atomic E-state index is -4.15. The molecule has 1 aromatic carbocycles. The molecule has 220 valence electrons. The number of rotatable bonds is 8. The van der Waals surface area contributed by atoms with Crippen molar-refractivity contribution in [1.82, 2.24) is 10.2 Å². The van der Waals surface area contributed by atoms with E-state index in [2.05, 4.69) is 9.71 Å². The Morgan fingerprint density at radius 3 is 2.31 bits per heavy atom. The van der Waals surface area contributed by atoms with E-state index in [4.69, 9.17) is 11.5 Å². The third-order valence-corrected chi connectivity index (χ3v) is 8.53. The first-order valence-corrected chi connectivity index (χ1v) is 14.2. The van der Waals surface area contributed by atoms with Crippen LogP contribution in [0.1, 0.15) is 63.5 Å². The second-order valence-corrected chi connectivity index (χ2v) is 11.9. The molecule has 39 heavy (non-hydrogen) atoms. The van der Waals surface area contributed by atoms with Crippen LogP contribution in [-0.2, 0) is 26.2 Å². The number of phenolic OH excluding ortho intramolecular Hbond substituents is 1. The van der Waals surface area contributed by atoms with Crippen molar-refractivity contribution in [3.63, 3.8) is 0 Å². The Kier molecular flexibility index (Phi) is 11.2. The van der Waals surface area contributed by atoms with Crippen LogP contribution in [0.3, 0.4) is 0 Å². The molecule has 3 rings (SSSR count). The van der Waals surface area contributed by atoms with Crippen LogP contribution >= 0.6 is 12.4 Å². The third-order valence-electron chi connectivity index (χ3n) is 7.32. The largest absolute Gasteiger partial charge is 0.504 e. The number of likely N-dealkylation sites (tertiary alicyclic amines) is 1. The average Bonchev–Trinajstić information content (AvgIpc) is 3.30. The summed E-state index contributed by atoms with van der Waals surface area (Å²) in [7, 11) is -4.15. The fourth-order valence-corrected chi connectivity index (χ4v) is 5.70. The predicted octanol–water partition coefficient (Wildman–Crippen LogP) is 2.05. The lowest BCUT2D eigenvalue weighted by Crippen LogP contribution is -2.49. The van der Waals surface area contributed by atoms with Gasteiger partial charge in [-0.1, -0.05) is 32.1 Å². The number of aromatic hydroxyl groups is 1. The highest BCUT2D eigenvalue weighted by Crippen LogP contribution is 2.39. The number of hydrogen-bond donors (Lipinski definition) is 4. The third kappa shape index (κ3) is 7.41. The fraction of sp³-hybridized carbons (Fsp3) is 0.625. The molecular weight excluding hydrogens is 563 g/mol. The lowest BCUT2D eigenvalue weighted by molar-refractivity contribution is -0.133. The molecule has 0 radical (unpaired) electrons. The zero-order chi connectivity index (χ0) is 28.4. The van der Waals surface area contributed by atoms with Gasteiger partial charge < -0.3 is 16.6 Å². The quantitative estimate of drug-likeness (QED) is 0.200. The van der Waals surface area contributed by atoms with Crippen LogP contribution in [0.15, 0.2) is 4.40 Å². The highest BCUT2D eigenvalue weighted by Gasteiger charge is 2.42. The van der Waals surface area contributed by atoms with Gasteiger partial charge in [-0.05, 0) is 32.1 Å². The average molecular weight is 598 g/mol. The molecule has 2 fully saturated rings. The number of sulfonamides is 1. The number of nitrogens with zero attached hydrogens (tertiary/aromatic N) is 2. The van der Waals surface area contributed by atoms with Gasteiger partial charge in [0.2, 0.25) is 11.8 Å². The Balaban J connectivity index is 0.00000533. The normalized spacial score (nSPS) is 21.8. The SMILES string of the molecule is CCS(=O)(=O)N=C(N)c1c(O)c(F)c(CN2CC(C3CCCCC3)C[C@H]2C(=O)NC(=O)[C@H](C)N)c(F)c1F.Cl. The van der Waals surface area contributed by atoms with Crippen molar-refractivity contribution >= 4 is 40.1 Å². The highest BCUT2D eigenvalue weighted by atomic mass is 35.5. The molecule has 0 aromatic heterocycles. The number of carbonyl (C=O) groups is 2. The first kappa shape index (κ1) is 32.8. The second kappa shape index (κ2) is 13.3. The Labute approximate surface area is 231 Å². The number of carbonyl (C=O) groups excluding carboxylic acids is 2. The summed E-state index contributed by atoms with van der Waals surface area (Å²) in [5.41, 5.74) is 8.94. The summed E-state index contributed by atoms with van der Waals surface area (Å²) >= 11 is 0. The molecule has 1 aromatic rings. The lowest BCUT2D eigenvalue weighted by atomic mass is 9.79. The second-order valence-electron chi connectivity index (χ2n) is 9.97. The summed E-state index contributed by atoms with van der Waals surface area (Å²) in [5, 5.41) is 12.5. The van der Waals surface area contributed by atoms with E-state index in [1.165, 1.54) is 18.7 Å². The molecule has 2 amide bonds. The maximum absolute atomic E-state index is 15.2. The molecule has 1 saturated heterocycles. The zero-order valence-electron chi connectivity index (χ0n) is 21.8. The van der Waals surface area contributed by atoms with E-state index in [1.54, 1.807) is 0 Å². The number of halogens is 4. The van der Waals surface area contributed by atoms with Crippen LogP contribution in [0.4, 0.5) is 13.2 Å². The van der Waals surface area contributed by atoms with Gasteiger partial charge in [0.15, 0.2) is 29.0 Å². The Hall–Kier alpha value is -2.42. The first-order chi connectivity index (χ1) is 17.8. The molecule has 3 atom stereocenters. The van der Waals surface area contributed by atoms with E-state index < -0.39 is 86.4 Å². The number of phenols is 1. The van der Waals surface area contributed by atoms with E-state index in [0.29, 0.717) is 6.42 Å². The minimum Gasteiger partial charge on any atom is -0.504 e. The monoisotopic (exact) mass is 597 g/mol. The lowest BCUT2D eigenvalue weighted by Gasteiger charge is -2.27. The molecule has 1 aliphatic carbocycles. The number of nitrogens with one attached hydrogen (secondary N) is 1. The van der Waals surface area contributed by atoms with Crippen LogP contribution in [0.2, 0.25) is 0 Å². The highest BCUT2D eigenvalue weighted by molar-refractivity contribution is 7.90. The number of nitrogens with two attached hydrogens (primary N) is 2. The molecule has 10 nitrogen and oxygen atoms in total.